The van der Waals surface area contributed by atoms with Crippen molar-refractivity contribution in [2.75, 3.05) is 18.8 Å². The van der Waals surface area contributed by atoms with Crippen LogP contribution in [-0.2, 0) is 10.5 Å². The summed E-state index contributed by atoms with van der Waals surface area (Å²) >= 11 is 4.78. The van der Waals surface area contributed by atoms with Gasteiger partial charge in [0.1, 0.15) is 5.82 Å². The second-order valence-corrected chi connectivity index (χ2v) is 6.43. The minimum atomic E-state index is -0.250. The van der Waals surface area contributed by atoms with Crippen molar-refractivity contribution in [1.82, 2.24) is 4.90 Å². The second-order valence-electron chi connectivity index (χ2n) is 4.65. The van der Waals surface area contributed by atoms with Gasteiger partial charge in [0.15, 0.2) is 0 Å². The van der Waals surface area contributed by atoms with Gasteiger partial charge >= 0.3 is 0 Å². The number of amides is 1. The maximum Gasteiger partial charge on any atom is 0.232 e. The van der Waals surface area contributed by atoms with E-state index in [1.165, 1.54) is 12.5 Å². The summed E-state index contributed by atoms with van der Waals surface area (Å²) < 4.78 is 13.8. The summed E-state index contributed by atoms with van der Waals surface area (Å²) in [5, 5.41) is 0. The van der Waals surface area contributed by atoms with E-state index in [4.69, 9.17) is 0 Å². The van der Waals surface area contributed by atoms with E-state index in [0.29, 0.717) is 16.0 Å². The number of likely N-dealkylation sites (tertiary alicyclic amines) is 1. The van der Waals surface area contributed by atoms with Crippen LogP contribution in [0.3, 0.4) is 0 Å². The fourth-order valence-corrected chi connectivity index (χ4v) is 3.65. The van der Waals surface area contributed by atoms with Gasteiger partial charge in [-0.05, 0) is 46.8 Å². The highest BCUT2D eigenvalue weighted by molar-refractivity contribution is 9.10. The Morgan fingerprint density at radius 3 is 2.79 bits per heavy atom. The zero-order chi connectivity index (χ0) is 13.7. The van der Waals surface area contributed by atoms with E-state index in [2.05, 4.69) is 15.9 Å². The molecule has 2 nitrogen and oxygen atoms in total. The molecule has 104 valence electrons. The number of carbonyl (C=O) groups is 1. The summed E-state index contributed by atoms with van der Waals surface area (Å²) in [4.78, 5) is 13.9. The normalized spacial score (nSPS) is 15.6. The van der Waals surface area contributed by atoms with Gasteiger partial charge in [-0.1, -0.05) is 12.1 Å². The van der Waals surface area contributed by atoms with Gasteiger partial charge in [0.2, 0.25) is 5.91 Å². The lowest BCUT2D eigenvalue weighted by Gasteiger charge is -2.26. The van der Waals surface area contributed by atoms with E-state index in [1.54, 1.807) is 17.8 Å². The summed E-state index contributed by atoms with van der Waals surface area (Å²) in [7, 11) is 0. The molecule has 0 bridgehead atoms. The summed E-state index contributed by atoms with van der Waals surface area (Å²) in [5.74, 6) is 1.08. The van der Waals surface area contributed by atoms with E-state index < -0.39 is 0 Å². The maximum atomic E-state index is 13.3. The van der Waals surface area contributed by atoms with Crippen molar-refractivity contribution in [3.63, 3.8) is 0 Å². The zero-order valence-electron chi connectivity index (χ0n) is 10.7. The average Bonchev–Trinajstić information content (AvgIpc) is 2.44. The molecule has 1 heterocycles. The Morgan fingerprint density at radius 2 is 2.05 bits per heavy atom. The lowest BCUT2D eigenvalue weighted by Crippen LogP contribution is -2.36. The molecular weight excluding hydrogens is 329 g/mol. The van der Waals surface area contributed by atoms with E-state index in [0.717, 1.165) is 31.5 Å². The lowest BCUT2D eigenvalue weighted by atomic mass is 10.1. The highest BCUT2D eigenvalue weighted by atomic mass is 79.9. The molecular formula is C14H17BrFNOS. The first-order valence-corrected chi connectivity index (χ1v) is 8.41. The van der Waals surface area contributed by atoms with Crippen molar-refractivity contribution in [3.8, 4) is 0 Å². The first-order valence-electron chi connectivity index (χ1n) is 6.47. The molecule has 1 aromatic rings. The topological polar surface area (TPSA) is 20.3 Å². The van der Waals surface area contributed by atoms with Gasteiger partial charge in [0.05, 0.1) is 10.2 Å². The minimum absolute atomic E-state index is 0.206. The van der Waals surface area contributed by atoms with Crippen molar-refractivity contribution in [2.45, 2.75) is 25.0 Å². The molecule has 0 N–H and O–H groups in total. The molecule has 0 spiro atoms. The molecule has 19 heavy (non-hydrogen) atoms. The van der Waals surface area contributed by atoms with Crippen molar-refractivity contribution in [2.24, 2.45) is 0 Å². The van der Waals surface area contributed by atoms with Crippen molar-refractivity contribution < 1.29 is 9.18 Å². The van der Waals surface area contributed by atoms with Crippen LogP contribution in [0.1, 0.15) is 24.8 Å². The highest BCUT2D eigenvalue weighted by Crippen LogP contribution is 2.24. The second kappa shape index (κ2) is 7.29. The van der Waals surface area contributed by atoms with Crippen LogP contribution < -0.4 is 0 Å². The van der Waals surface area contributed by atoms with Gasteiger partial charge in [-0.3, -0.25) is 4.79 Å². The summed E-state index contributed by atoms with van der Waals surface area (Å²) in [6.45, 7) is 1.78. The predicted molar refractivity (Wildman–Crippen MR) is 80.7 cm³/mol. The monoisotopic (exact) mass is 345 g/mol. The molecule has 1 fully saturated rings. The number of thioether (sulfide) groups is 1. The van der Waals surface area contributed by atoms with E-state index >= 15 is 0 Å². The Hall–Kier alpha value is -0.550. The Balaban J connectivity index is 1.79. The molecule has 0 aliphatic carbocycles. The minimum Gasteiger partial charge on any atom is -0.342 e. The molecule has 5 heteroatoms. The van der Waals surface area contributed by atoms with Gasteiger partial charge < -0.3 is 4.90 Å². The fraction of sp³-hybridized carbons (Fsp3) is 0.500. The SMILES string of the molecule is O=C(CSCc1cccc(F)c1Br)N1CCCCC1. The standard InChI is InChI=1S/C14H17BrFNOS/c15-14-11(5-4-6-12(14)16)9-19-10-13(18)17-7-2-1-3-8-17/h4-6H,1-3,7-10H2. The number of rotatable bonds is 4. The summed E-state index contributed by atoms with van der Waals surface area (Å²) in [5.41, 5.74) is 0.899. The van der Waals surface area contributed by atoms with E-state index in [-0.39, 0.29) is 11.7 Å². The molecule has 1 amide bonds. The lowest BCUT2D eigenvalue weighted by molar-refractivity contribution is -0.129. The Bertz CT molecular complexity index is 449. The molecule has 1 saturated heterocycles. The van der Waals surface area contributed by atoms with Gasteiger partial charge in [0, 0.05) is 18.8 Å². The number of nitrogens with zero attached hydrogens (tertiary/aromatic N) is 1. The Labute approximate surface area is 125 Å². The number of hydrogen-bond donors (Lipinski definition) is 0. The van der Waals surface area contributed by atoms with E-state index in [9.17, 15) is 9.18 Å². The predicted octanol–water partition coefficient (Wildman–Crippen LogP) is 3.83. The van der Waals surface area contributed by atoms with Gasteiger partial charge in [0.25, 0.3) is 0 Å². The van der Waals surface area contributed by atoms with Crippen molar-refractivity contribution >= 4 is 33.6 Å². The molecule has 0 saturated carbocycles. The summed E-state index contributed by atoms with van der Waals surface area (Å²) in [6, 6.07) is 5.01. The van der Waals surface area contributed by atoms with Gasteiger partial charge in [-0.25, -0.2) is 4.39 Å². The smallest absolute Gasteiger partial charge is 0.232 e. The number of carbonyl (C=O) groups excluding carboxylic acids is 1. The van der Waals surface area contributed by atoms with Crippen LogP contribution in [-0.4, -0.2) is 29.6 Å². The Morgan fingerprint density at radius 1 is 1.32 bits per heavy atom. The molecule has 0 atom stereocenters. The average molecular weight is 346 g/mol. The first-order chi connectivity index (χ1) is 9.18. The summed E-state index contributed by atoms with van der Waals surface area (Å²) in [6.07, 6.45) is 3.46. The third-order valence-electron chi connectivity index (χ3n) is 3.22. The van der Waals surface area contributed by atoms with Crippen molar-refractivity contribution in [1.29, 1.82) is 0 Å². The number of hydrogen-bond acceptors (Lipinski definition) is 2. The first kappa shape index (κ1) is 14.9. The number of halogens is 2. The maximum absolute atomic E-state index is 13.3. The number of piperidine rings is 1. The molecule has 2 rings (SSSR count). The molecule has 0 unspecified atom stereocenters. The van der Waals surface area contributed by atoms with Gasteiger partial charge in [-0.2, -0.15) is 0 Å². The largest absolute Gasteiger partial charge is 0.342 e. The number of benzene rings is 1. The highest BCUT2D eigenvalue weighted by Gasteiger charge is 2.16. The van der Waals surface area contributed by atoms with Crippen LogP contribution in [0.4, 0.5) is 4.39 Å². The third kappa shape index (κ3) is 4.21. The van der Waals surface area contributed by atoms with Crippen LogP contribution in [0.25, 0.3) is 0 Å². The van der Waals surface area contributed by atoms with E-state index in [1.807, 2.05) is 11.0 Å². The fourth-order valence-electron chi connectivity index (χ4n) is 2.14. The Kier molecular flexibility index (Phi) is 5.70. The van der Waals surface area contributed by atoms with Crippen molar-refractivity contribution in [3.05, 3.63) is 34.1 Å². The molecule has 1 aromatic carbocycles. The van der Waals surface area contributed by atoms with Crippen LogP contribution in [0, 0.1) is 5.82 Å². The molecule has 1 aliphatic heterocycles. The van der Waals surface area contributed by atoms with Crippen LogP contribution in [0.15, 0.2) is 22.7 Å². The van der Waals surface area contributed by atoms with Gasteiger partial charge in [-0.15, -0.1) is 11.8 Å². The molecule has 1 aliphatic rings. The van der Waals surface area contributed by atoms with Crippen LogP contribution in [0.5, 0.6) is 0 Å². The zero-order valence-corrected chi connectivity index (χ0v) is 13.1. The quantitative estimate of drug-likeness (QED) is 0.826. The van der Waals surface area contributed by atoms with Crippen LogP contribution >= 0.6 is 27.7 Å². The molecule has 0 aromatic heterocycles. The van der Waals surface area contributed by atoms with Crippen LogP contribution in [0.2, 0.25) is 0 Å². The third-order valence-corrected chi connectivity index (χ3v) is 5.08. The molecule has 0 radical (unpaired) electrons.